The molecule has 1 rings (SSSR count). The number of Topliss-reactive ketones (excluding diaryl/α,β-unsaturated/α-hetero) is 1. The minimum absolute atomic E-state index is 0.238. The lowest BCUT2D eigenvalue weighted by atomic mass is 10.1. The lowest BCUT2D eigenvalue weighted by molar-refractivity contribution is -0.123. The fourth-order valence-corrected chi connectivity index (χ4v) is 2.09. The Morgan fingerprint density at radius 3 is 2.29 bits per heavy atom. The summed E-state index contributed by atoms with van der Waals surface area (Å²) in [4.78, 5) is 11.4. The number of hydrogen-bond acceptors (Lipinski definition) is 2. The summed E-state index contributed by atoms with van der Waals surface area (Å²) in [5.74, 6) is 0.238. The van der Waals surface area contributed by atoms with Crippen LogP contribution < -0.4 is 0 Å². The molecule has 2 nitrogen and oxygen atoms in total. The zero-order valence-electron chi connectivity index (χ0n) is 11.0. The van der Waals surface area contributed by atoms with Crippen molar-refractivity contribution >= 4 is 5.78 Å². The third-order valence-corrected chi connectivity index (χ3v) is 3.18. The third-order valence-electron chi connectivity index (χ3n) is 3.18. The normalized spacial score (nSPS) is 24.4. The van der Waals surface area contributed by atoms with Crippen molar-refractivity contribution in [3.63, 3.8) is 0 Å². The van der Waals surface area contributed by atoms with Crippen LogP contribution >= 0.6 is 0 Å². The molecular weight excluding hydrogens is 212 g/mol. The molecule has 1 aliphatic rings. The molecular formula is C15H26O2. The molecule has 0 fully saturated rings. The Morgan fingerprint density at radius 1 is 0.824 bits per heavy atom. The minimum Gasteiger partial charge on any atom is -0.374 e. The molecule has 0 bridgehead atoms. The standard InChI is InChI=1S/C15H26O2/c16-15-12-10-8-6-4-2-1-3-5-7-9-11-13-17-14-15/h6,8H,1-5,7,9-14H2/b8-6+. The van der Waals surface area contributed by atoms with Crippen LogP contribution in [-0.2, 0) is 9.53 Å². The smallest absolute Gasteiger partial charge is 0.158 e. The third kappa shape index (κ3) is 9.11. The van der Waals surface area contributed by atoms with E-state index in [9.17, 15) is 4.79 Å². The van der Waals surface area contributed by atoms with E-state index in [0.717, 1.165) is 19.4 Å². The highest BCUT2D eigenvalue weighted by Crippen LogP contribution is 2.09. The predicted molar refractivity (Wildman–Crippen MR) is 71.1 cm³/mol. The first kappa shape index (κ1) is 14.4. The van der Waals surface area contributed by atoms with Crippen LogP contribution in [0.4, 0.5) is 0 Å². The van der Waals surface area contributed by atoms with Crippen LogP contribution in [0.5, 0.6) is 0 Å². The van der Waals surface area contributed by atoms with Gasteiger partial charge in [-0.3, -0.25) is 4.79 Å². The molecule has 0 aromatic rings. The highest BCUT2D eigenvalue weighted by Gasteiger charge is 2.00. The van der Waals surface area contributed by atoms with Gasteiger partial charge in [0.2, 0.25) is 0 Å². The van der Waals surface area contributed by atoms with Gasteiger partial charge in [0.25, 0.3) is 0 Å². The van der Waals surface area contributed by atoms with Gasteiger partial charge in [0, 0.05) is 13.0 Å². The second-order valence-electron chi connectivity index (χ2n) is 4.86. The molecule has 0 N–H and O–H groups in total. The molecule has 17 heavy (non-hydrogen) atoms. The van der Waals surface area contributed by atoms with Crippen molar-refractivity contribution < 1.29 is 9.53 Å². The van der Waals surface area contributed by atoms with Crippen LogP contribution in [0.15, 0.2) is 12.2 Å². The highest BCUT2D eigenvalue weighted by atomic mass is 16.5. The summed E-state index contributed by atoms with van der Waals surface area (Å²) >= 11 is 0. The molecule has 0 aromatic heterocycles. The Hall–Kier alpha value is -0.630. The van der Waals surface area contributed by atoms with E-state index >= 15 is 0 Å². The van der Waals surface area contributed by atoms with Gasteiger partial charge in [-0.25, -0.2) is 0 Å². The van der Waals surface area contributed by atoms with Crippen LogP contribution in [0.3, 0.4) is 0 Å². The lowest BCUT2D eigenvalue weighted by Gasteiger charge is -2.04. The van der Waals surface area contributed by atoms with Crippen LogP contribution in [-0.4, -0.2) is 19.0 Å². The molecule has 0 aromatic carbocycles. The predicted octanol–water partition coefficient (Wildman–Crippen LogP) is 4.04. The first-order chi connectivity index (χ1) is 8.39. The van der Waals surface area contributed by atoms with Crippen LogP contribution in [0.1, 0.15) is 64.2 Å². The van der Waals surface area contributed by atoms with Crippen molar-refractivity contribution in [1.82, 2.24) is 0 Å². The zero-order chi connectivity index (χ0) is 12.2. The summed E-state index contributed by atoms with van der Waals surface area (Å²) in [7, 11) is 0. The van der Waals surface area contributed by atoms with Crippen molar-refractivity contribution in [3.05, 3.63) is 12.2 Å². The van der Waals surface area contributed by atoms with Crippen molar-refractivity contribution in [3.8, 4) is 0 Å². The summed E-state index contributed by atoms with van der Waals surface area (Å²) in [6, 6.07) is 0. The Bertz CT molecular complexity index is 221. The van der Waals surface area contributed by atoms with Gasteiger partial charge in [-0.15, -0.1) is 0 Å². The van der Waals surface area contributed by atoms with Crippen molar-refractivity contribution in [1.29, 1.82) is 0 Å². The van der Waals surface area contributed by atoms with Gasteiger partial charge in [-0.05, 0) is 25.7 Å². The molecule has 1 aliphatic heterocycles. The van der Waals surface area contributed by atoms with Gasteiger partial charge in [-0.2, -0.15) is 0 Å². The van der Waals surface area contributed by atoms with Crippen LogP contribution in [0.2, 0.25) is 0 Å². The SMILES string of the molecule is O=C1CC/C=C/CCCCCCCCCOC1. The van der Waals surface area contributed by atoms with Crippen LogP contribution in [0, 0.1) is 0 Å². The first-order valence-corrected chi connectivity index (χ1v) is 7.14. The molecule has 0 radical (unpaired) electrons. The fraction of sp³-hybridized carbons (Fsp3) is 0.800. The fourth-order valence-electron chi connectivity index (χ4n) is 2.09. The molecule has 0 amide bonds. The number of carbonyl (C=O) groups excluding carboxylic acids is 1. The van der Waals surface area contributed by atoms with Crippen molar-refractivity contribution in [2.24, 2.45) is 0 Å². The quantitative estimate of drug-likeness (QED) is 0.595. The molecule has 1 heterocycles. The summed E-state index contributed by atoms with van der Waals surface area (Å²) in [6.45, 7) is 1.06. The summed E-state index contributed by atoms with van der Waals surface area (Å²) in [5.41, 5.74) is 0. The summed E-state index contributed by atoms with van der Waals surface area (Å²) in [6.07, 6.45) is 16.1. The number of hydrogen-bond donors (Lipinski definition) is 0. The maximum absolute atomic E-state index is 11.4. The number of rotatable bonds is 0. The van der Waals surface area contributed by atoms with E-state index in [1.165, 1.54) is 44.9 Å². The van der Waals surface area contributed by atoms with Gasteiger partial charge < -0.3 is 4.74 Å². The second-order valence-corrected chi connectivity index (χ2v) is 4.86. The molecule has 0 unspecified atom stereocenters. The Balaban J connectivity index is 2.19. The molecule has 0 saturated heterocycles. The molecule has 2 heteroatoms. The minimum atomic E-state index is 0.238. The van der Waals surface area contributed by atoms with E-state index in [0.29, 0.717) is 13.0 Å². The first-order valence-electron chi connectivity index (χ1n) is 7.14. The maximum Gasteiger partial charge on any atom is 0.158 e. The largest absolute Gasteiger partial charge is 0.374 e. The lowest BCUT2D eigenvalue weighted by Crippen LogP contribution is -2.08. The Morgan fingerprint density at radius 2 is 1.47 bits per heavy atom. The Kier molecular flexibility index (Phi) is 8.93. The zero-order valence-corrected chi connectivity index (χ0v) is 11.0. The average molecular weight is 238 g/mol. The molecule has 0 aliphatic carbocycles. The topological polar surface area (TPSA) is 26.3 Å². The molecule has 0 atom stereocenters. The van der Waals surface area contributed by atoms with Gasteiger partial charge in [0.15, 0.2) is 5.78 Å². The van der Waals surface area contributed by atoms with E-state index in [-0.39, 0.29) is 5.78 Å². The summed E-state index contributed by atoms with van der Waals surface area (Å²) < 4.78 is 5.37. The molecule has 98 valence electrons. The van der Waals surface area contributed by atoms with Gasteiger partial charge in [0.05, 0.1) is 0 Å². The molecule has 0 saturated carbocycles. The Labute approximate surface area is 105 Å². The highest BCUT2D eigenvalue weighted by molar-refractivity contribution is 5.79. The van der Waals surface area contributed by atoms with Gasteiger partial charge in [-0.1, -0.05) is 44.3 Å². The molecule has 0 spiro atoms. The monoisotopic (exact) mass is 238 g/mol. The average Bonchev–Trinajstić information content (AvgIpc) is 2.32. The van der Waals surface area contributed by atoms with Crippen molar-refractivity contribution in [2.45, 2.75) is 64.2 Å². The van der Waals surface area contributed by atoms with E-state index in [2.05, 4.69) is 12.2 Å². The van der Waals surface area contributed by atoms with E-state index in [4.69, 9.17) is 4.74 Å². The van der Waals surface area contributed by atoms with Crippen LogP contribution in [0.25, 0.3) is 0 Å². The number of ether oxygens (including phenoxy) is 1. The number of ketones is 1. The van der Waals surface area contributed by atoms with Gasteiger partial charge >= 0.3 is 0 Å². The maximum atomic E-state index is 11.4. The number of carbonyl (C=O) groups is 1. The van der Waals surface area contributed by atoms with E-state index in [1.54, 1.807) is 0 Å². The van der Waals surface area contributed by atoms with Gasteiger partial charge in [0.1, 0.15) is 6.61 Å². The summed E-state index contributed by atoms with van der Waals surface area (Å²) in [5, 5.41) is 0. The van der Waals surface area contributed by atoms with E-state index in [1.807, 2.05) is 0 Å². The second kappa shape index (κ2) is 10.5. The van der Waals surface area contributed by atoms with E-state index < -0.39 is 0 Å². The number of allylic oxidation sites excluding steroid dienone is 2. The van der Waals surface area contributed by atoms with Crippen molar-refractivity contribution in [2.75, 3.05) is 13.2 Å².